The normalized spacial score (nSPS) is 12.2. The average molecular weight is 247 g/mol. The average Bonchev–Trinajstić information content (AvgIpc) is 2.39. The molecule has 1 aromatic heterocycles. The van der Waals surface area contributed by atoms with Gasteiger partial charge < -0.3 is 9.84 Å². The van der Waals surface area contributed by atoms with Gasteiger partial charge >= 0.3 is 0 Å². The first-order valence-corrected chi connectivity index (χ1v) is 5.72. The quantitative estimate of drug-likeness (QED) is 0.903. The number of aliphatic hydroxyl groups is 1. The second-order valence-electron chi connectivity index (χ2n) is 3.81. The van der Waals surface area contributed by atoms with Crippen molar-refractivity contribution in [2.75, 3.05) is 6.61 Å². The number of pyridine rings is 1. The van der Waals surface area contributed by atoms with Gasteiger partial charge in [0.15, 0.2) is 0 Å². The van der Waals surface area contributed by atoms with Crippen LogP contribution in [-0.4, -0.2) is 16.7 Å². The van der Waals surface area contributed by atoms with Crippen LogP contribution in [0.15, 0.2) is 42.7 Å². The van der Waals surface area contributed by atoms with E-state index in [4.69, 9.17) is 4.74 Å². The van der Waals surface area contributed by atoms with Crippen LogP contribution in [0.1, 0.15) is 24.2 Å². The molecule has 0 aliphatic heterocycles. The van der Waals surface area contributed by atoms with Crippen molar-refractivity contribution in [3.63, 3.8) is 0 Å². The van der Waals surface area contributed by atoms with Gasteiger partial charge in [-0.1, -0.05) is 18.2 Å². The lowest BCUT2D eigenvalue weighted by atomic mass is 10.0. The van der Waals surface area contributed by atoms with Gasteiger partial charge in [-0.05, 0) is 19.1 Å². The first-order valence-electron chi connectivity index (χ1n) is 5.72. The van der Waals surface area contributed by atoms with E-state index in [1.54, 1.807) is 18.2 Å². The van der Waals surface area contributed by atoms with E-state index in [2.05, 4.69) is 4.98 Å². The van der Waals surface area contributed by atoms with Gasteiger partial charge in [0, 0.05) is 17.3 Å². The van der Waals surface area contributed by atoms with E-state index in [1.807, 2.05) is 13.0 Å². The summed E-state index contributed by atoms with van der Waals surface area (Å²) in [7, 11) is 0. The van der Waals surface area contributed by atoms with Crippen LogP contribution in [-0.2, 0) is 0 Å². The molecule has 18 heavy (non-hydrogen) atoms. The van der Waals surface area contributed by atoms with Gasteiger partial charge in [0.25, 0.3) is 0 Å². The molecule has 0 spiro atoms. The third-order valence-corrected chi connectivity index (χ3v) is 2.56. The summed E-state index contributed by atoms with van der Waals surface area (Å²) < 4.78 is 18.5. The highest BCUT2D eigenvalue weighted by molar-refractivity contribution is 5.39. The van der Waals surface area contributed by atoms with Gasteiger partial charge in [0.1, 0.15) is 17.7 Å². The van der Waals surface area contributed by atoms with Crippen LogP contribution in [0.4, 0.5) is 4.39 Å². The molecule has 0 saturated heterocycles. The maximum Gasteiger partial charge on any atom is 0.141 e. The molecule has 1 unspecified atom stereocenters. The fourth-order valence-corrected chi connectivity index (χ4v) is 1.75. The Morgan fingerprint density at radius 1 is 1.33 bits per heavy atom. The summed E-state index contributed by atoms with van der Waals surface area (Å²) in [5.41, 5.74) is 1.01. The molecule has 0 aliphatic carbocycles. The first kappa shape index (κ1) is 12.5. The second kappa shape index (κ2) is 5.60. The van der Waals surface area contributed by atoms with E-state index < -0.39 is 11.9 Å². The van der Waals surface area contributed by atoms with E-state index >= 15 is 0 Å². The minimum Gasteiger partial charge on any atom is -0.493 e. The fraction of sp³-hybridized carbons (Fsp3) is 0.214. The first-order chi connectivity index (χ1) is 8.72. The largest absolute Gasteiger partial charge is 0.493 e. The molecule has 0 aliphatic rings. The van der Waals surface area contributed by atoms with Crippen LogP contribution in [0.25, 0.3) is 0 Å². The van der Waals surface area contributed by atoms with Crippen molar-refractivity contribution in [1.29, 1.82) is 0 Å². The van der Waals surface area contributed by atoms with Crippen LogP contribution in [0.3, 0.4) is 0 Å². The number of hydrogen-bond donors (Lipinski definition) is 1. The molecule has 3 nitrogen and oxygen atoms in total. The number of hydrogen-bond acceptors (Lipinski definition) is 3. The number of aromatic nitrogens is 1. The molecule has 1 atom stereocenters. The Morgan fingerprint density at radius 3 is 2.83 bits per heavy atom. The van der Waals surface area contributed by atoms with Crippen molar-refractivity contribution >= 4 is 0 Å². The summed E-state index contributed by atoms with van der Waals surface area (Å²) in [5, 5.41) is 10.2. The molecule has 0 radical (unpaired) electrons. The van der Waals surface area contributed by atoms with Gasteiger partial charge in [0.05, 0.1) is 12.8 Å². The Bertz CT molecular complexity index is 531. The predicted octanol–water partition coefficient (Wildman–Crippen LogP) is 2.70. The molecule has 94 valence electrons. The molecule has 1 heterocycles. The summed E-state index contributed by atoms with van der Waals surface area (Å²) in [5.74, 6) is 0.122. The van der Waals surface area contributed by atoms with E-state index in [-0.39, 0.29) is 0 Å². The molecular weight excluding hydrogens is 233 g/mol. The molecular formula is C14H14FNO2. The Morgan fingerprint density at radius 2 is 2.11 bits per heavy atom. The van der Waals surface area contributed by atoms with Crippen molar-refractivity contribution in [2.45, 2.75) is 13.0 Å². The Balaban J connectivity index is 2.36. The standard InChI is InChI=1S/C14H14FNO2/c1-2-18-13-6-4-3-5-12(13)14(17)10-7-11(15)9-16-8-10/h3-9,14,17H,2H2,1H3. The Hall–Kier alpha value is -1.94. The lowest BCUT2D eigenvalue weighted by Crippen LogP contribution is -2.04. The smallest absolute Gasteiger partial charge is 0.141 e. The molecule has 2 aromatic rings. The topological polar surface area (TPSA) is 42.4 Å². The van der Waals surface area contributed by atoms with E-state index in [9.17, 15) is 9.50 Å². The fourth-order valence-electron chi connectivity index (χ4n) is 1.75. The summed E-state index contributed by atoms with van der Waals surface area (Å²) in [4.78, 5) is 3.73. The highest BCUT2D eigenvalue weighted by Gasteiger charge is 2.15. The van der Waals surface area contributed by atoms with Crippen molar-refractivity contribution in [2.24, 2.45) is 0 Å². The van der Waals surface area contributed by atoms with E-state index in [0.29, 0.717) is 23.5 Å². The predicted molar refractivity (Wildman–Crippen MR) is 65.9 cm³/mol. The SMILES string of the molecule is CCOc1ccccc1C(O)c1cncc(F)c1. The molecule has 0 bridgehead atoms. The minimum absolute atomic E-state index is 0.405. The Kier molecular flexibility index (Phi) is 3.89. The number of rotatable bonds is 4. The maximum atomic E-state index is 13.1. The summed E-state index contributed by atoms with van der Waals surface area (Å²) >= 11 is 0. The van der Waals surface area contributed by atoms with Crippen LogP contribution < -0.4 is 4.74 Å². The summed E-state index contributed by atoms with van der Waals surface area (Å²) in [6.45, 7) is 2.37. The molecule has 0 amide bonds. The van der Waals surface area contributed by atoms with E-state index in [1.165, 1.54) is 12.3 Å². The van der Waals surface area contributed by atoms with Crippen molar-refractivity contribution in [3.05, 3.63) is 59.7 Å². The Labute approximate surface area is 105 Å². The summed E-state index contributed by atoms with van der Waals surface area (Å²) in [6, 6.07) is 8.41. The van der Waals surface area contributed by atoms with Gasteiger partial charge in [-0.2, -0.15) is 0 Å². The zero-order chi connectivity index (χ0) is 13.0. The molecule has 0 fully saturated rings. The zero-order valence-electron chi connectivity index (χ0n) is 10.0. The van der Waals surface area contributed by atoms with Gasteiger partial charge in [-0.25, -0.2) is 4.39 Å². The van der Waals surface area contributed by atoms with Crippen molar-refractivity contribution < 1.29 is 14.2 Å². The van der Waals surface area contributed by atoms with E-state index in [0.717, 1.165) is 6.20 Å². The van der Waals surface area contributed by atoms with Crippen LogP contribution in [0.5, 0.6) is 5.75 Å². The lowest BCUT2D eigenvalue weighted by molar-refractivity contribution is 0.211. The molecule has 1 aromatic carbocycles. The molecule has 4 heteroatoms. The monoisotopic (exact) mass is 247 g/mol. The van der Waals surface area contributed by atoms with Crippen molar-refractivity contribution in [3.8, 4) is 5.75 Å². The second-order valence-corrected chi connectivity index (χ2v) is 3.81. The lowest BCUT2D eigenvalue weighted by Gasteiger charge is -2.15. The number of para-hydroxylation sites is 1. The molecule has 0 saturated carbocycles. The van der Waals surface area contributed by atoms with Gasteiger partial charge in [-0.15, -0.1) is 0 Å². The zero-order valence-corrected chi connectivity index (χ0v) is 10.0. The van der Waals surface area contributed by atoms with Crippen LogP contribution >= 0.6 is 0 Å². The number of benzene rings is 1. The number of ether oxygens (including phenoxy) is 1. The highest BCUT2D eigenvalue weighted by atomic mass is 19.1. The number of halogens is 1. The number of aliphatic hydroxyl groups excluding tert-OH is 1. The third kappa shape index (κ3) is 2.65. The maximum absolute atomic E-state index is 13.1. The third-order valence-electron chi connectivity index (χ3n) is 2.56. The summed E-state index contributed by atoms with van der Waals surface area (Å²) in [6.07, 6.45) is 1.59. The minimum atomic E-state index is -0.948. The van der Waals surface area contributed by atoms with Gasteiger partial charge in [0.2, 0.25) is 0 Å². The molecule has 2 rings (SSSR count). The van der Waals surface area contributed by atoms with Crippen LogP contribution in [0.2, 0.25) is 0 Å². The highest BCUT2D eigenvalue weighted by Crippen LogP contribution is 2.29. The van der Waals surface area contributed by atoms with Gasteiger partial charge in [-0.3, -0.25) is 4.98 Å². The number of nitrogens with zero attached hydrogens (tertiary/aromatic N) is 1. The van der Waals surface area contributed by atoms with Crippen LogP contribution in [0, 0.1) is 5.82 Å². The molecule has 1 N–H and O–H groups in total. The van der Waals surface area contributed by atoms with Crippen molar-refractivity contribution in [1.82, 2.24) is 4.98 Å².